The average molecular weight is 449 g/mol. The highest BCUT2D eigenvalue weighted by molar-refractivity contribution is 7.92. The molecule has 0 aliphatic heterocycles. The first-order valence-electron chi connectivity index (χ1n) is 8.79. The SMILES string of the molecule is COc1ccc(-c2cc(NS(=O)(=O)c3ccc(C(=O)O)cc3)ccc2OC(F)F)cc1. The molecule has 0 amide bonds. The van der Waals surface area contributed by atoms with Crippen molar-refractivity contribution in [2.75, 3.05) is 11.8 Å². The lowest BCUT2D eigenvalue weighted by molar-refractivity contribution is -0.0494. The summed E-state index contributed by atoms with van der Waals surface area (Å²) in [5, 5.41) is 8.94. The van der Waals surface area contributed by atoms with Crippen LogP contribution in [0.25, 0.3) is 11.1 Å². The Balaban J connectivity index is 1.96. The van der Waals surface area contributed by atoms with Crippen LogP contribution in [0.1, 0.15) is 10.4 Å². The van der Waals surface area contributed by atoms with Gasteiger partial charge in [-0.1, -0.05) is 12.1 Å². The Morgan fingerprint density at radius 2 is 1.65 bits per heavy atom. The van der Waals surface area contributed by atoms with Crippen LogP contribution in [0.15, 0.2) is 71.6 Å². The van der Waals surface area contributed by atoms with Crippen molar-refractivity contribution in [2.45, 2.75) is 11.5 Å². The van der Waals surface area contributed by atoms with E-state index in [1.54, 1.807) is 24.3 Å². The molecule has 3 rings (SSSR count). The quantitative estimate of drug-likeness (QED) is 0.526. The molecule has 0 heterocycles. The van der Waals surface area contributed by atoms with Crippen LogP contribution in [-0.2, 0) is 10.0 Å². The van der Waals surface area contributed by atoms with Gasteiger partial charge in [-0.2, -0.15) is 8.78 Å². The standard InChI is InChI=1S/C21H17F2NO6S/c1-29-16-7-2-13(3-8-16)18-12-15(6-11-19(18)30-21(22)23)24-31(27,28)17-9-4-14(5-10-17)20(25)26/h2-12,21,24H,1H3,(H,25,26). The van der Waals surface area contributed by atoms with E-state index in [1.165, 1.54) is 37.4 Å². The molecule has 0 fully saturated rings. The number of carboxylic acids is 1. The number of ether oxygens (including phenoxy) is 2. The molecule has 162 valence electrons. The number of nitrogens with one attached hydrogen (secondary N) is 1. The predicted molar refractivity (Wildman–Crippen MR) is 109 cm³/mol. The molecule has 0 spiro atoms. The van der Waals surface area contributed by atoms with Gasteiger partial charge in [-0.15, -0.1) is 0 Å². The average Bonchev–Trinajstić information content (AvgIpc) is 2.74. The fourth-order valence-electron chi connectivity index (χ4n) is 2.78. The minimum Gasteiger partial charge on any atom is -0.497 e. The predicted octanol–water partition coefficient (Wildman–Crippen LogP) is 4.46. The van der Waals surface area contributed by atoms with E-state index in [4.69, 9.17) is 9.84 Å². The number of halogens is 2. The number of alkyl halides is 2. The summed E-state index contributed by atoms with van der Waals surface area (Å²) in [7, 11) is -2.57. The van der Waals surface area contributed by atoms with Gasteiger partial charge >= 0.3 is 12.6 Å². The van der Waals surface area contributed by atoms with E-state index in [1.807, 2.05) is 0 Å². The molecule has 2 N–H and O–H groups in total. The van der Waals surface area contributed by atoms with Crippen LogP contribution in [0.4, 0.5) is 14.5 Å². The maximum absolute atomic E-state index is 12.8. The largest absolute Gasteiger partial charge is 0.497 e. The molecule has 0 saturated carbocycles. The summed E-state index contributed by atoms with van der Waals surface area (Å²) >= 11 is 0. The summed E-state index contributed by atoms with van der Waals surface area (Å²) in [5.74, 6) is -0.758. The van der Waals surface area contributed by atoms with Gasteiger partial charge < -0.3 is 14.6 Å². The molecule has 0 saturated heterocycles. The summed E-state index contributed by atoms with van der Waals surface area (Å²) in [5.41, 5.74) is 0.789. The summed E-state index contributed by atoms with van der Waals surface area (Å²) < 4.78 is 62.9. The topological polar surface area (TPSA) is 102 Å². The van der Waals surface area contributed by atoms with Crippen LogP contribution >= 0.6 is 0 Å². The highest BCUT2D eigenvalue weighted by atomic mass is 32.2. The Hall–Kier alpha value is -3.66. The number of sulfonamides is 1. The molecule has 7 nitrogen and oxygen atoms in total. The summed E-state index contributed by atoms with van der Waals surface area (Å²) in [6.07, 6.45) is 0. The van der Waals surface area contributed by atoms with Crippen LogP contribution in [-0.4, -0.2) is 33.2 Å². The van der Waals surface area contributed by atoms with Crippen LogP contribution in [0, 0.1) is 0 Å². The maximum Gasteiger partial charge on any atom is 0.387 e. The van der Waals surface area contributed by atoms with Gasteiger partial charge in [0.25, 0.3) is 10.0 Å². The lowest BCUT2D eigenvalue weighted by Gasteiger charge is -2.14. The zero-order valence-electron chi connectivity index (χ0n) is 16.1. The van der Waals surface area contributed by atoms with Crippen molar-refractivity contribution in [3.05, 3.63) is 72.3 Å². The van der Waals surface area contributed by atoms with Crippen molar-refractivity contribution in [1.29, 1.82) is 0 Å². The number of anilines is 1. The molecule has 0 unspecified atom stereocenters. The number of hydrogen-bond acceptors (Lipinski definition) is 5. The lowest BCUT2D eigenvalue weighted by atomic mass is 10.0. The van der Waals surface area contributed by atoms with Crippen molar-refractivity contribution in [2.24, 2.45) is 0 Å². The summed E-state index contributed by atoms with van der Waals surface area (Å²) in [6.45, 7) is -3.06. The smallest absolute Gasteiger partial charge is 0.387 e. The van der Waals surface area contributed by atoms with E-state index in [0.29, 0.717) is 11.3 Å². The minimum atomic E-state index is -4.05. The van der Waals surface area contributed by atoms with E-state index >= 15 is 0 Å². The van der Waals surface area contributed by atoms with Gasteiger partial charge in [0.2, 0.25) is 0 Å². The van der Waals surface area contributed by atoms with E-state index < -0.39 is 22.6 Å². The fourth-order valence-corrected chi connectivity index (χ4v) is 3.83. The van der Waals surface area contributed by atoms with Gasteiger partial charge in [0.05, 0.1) is 17.6 Å². The first-order valence-corrected chi connectivity index (χ1v) is 10.3. The first kappa shape index (κ1) is 22.0. The first-order chi connectivity index (χ1) is 14.7. The van der Waals surface area contributed by atoms with E-state index in [-0.39, 0.29) is 27.5 Å². The monoisotopic (exact) mass is 449 g/mol. The van der Waals surface area contributed by atoms with Crippen molar-refractivity contribution >= 4 is 21.7 Å². The summed E-state index contributed by atoms with van der Waals surface area (Å²) in [4.78, 5) is 10.8. The second kappa shape index (κ2) is 9.00. The zero-order chi connectivity index (χ0) is 22.6. The Morgan fingerprint density at radius 1 is 1.00 bits per heavy atom. The van der Waals surface area contributed by atoms with Gasteiger partial charge in [-0.3, -0.25) is 4.72 Å². The van der Waals surface area contributed by atoms with Gasteiger partial charge in [-0.25, -0.2) is 13.2 Å². The molecule has 31 heavy (non-hydrogen) atoms. The van der Waals surface area contributed by atoms with Gasteiger partial charge in [0.15, 0.2) is 0 Å². The Morgan fingerprint density at radius 3 is 2.19 bits per heavy atom. The molecule has 10 heteroatoms. The number of carboxylic acid groups (broad SMARTS) is 1. The van der Waals surface area contributed by atoms with Crippen LogP contribution < -0.4 is 14.2 Å². The Labute approximate surface area is 176 Å². The third-order valence-corrected chi connectivity index (χ3v) is 5.66. The van der Waals surface area contributed by atoms with E-state index in [9.17, 15) is 22.0 Å². The van der Waals surface area contributed by atoms with E-state index in [2.05, 4.69) is 9.46 Å². The molecule has 0 bridgehead atoms. The number of benzene rings is 3. The van der Waals surface area contributed by atoms with Gasteiger partial charge in [0, 0.05) is 11.3 Å². The van der Waals surface area contributed by atoms with Crippen LogP contribution in [0.3, 0.4) is 0 Å². The van der Waals surface area contributed by atoms with E-state index in [0.717, 1.165) is 12.1 Å². The second-order valence-corrected chi connectivity index (χ2v) is 7.94. The van der Waals surface area contributed by atoms with Crippen LogP contribution in [0.2, 0.25) is 0 Å². The Bertz CT molecular complexity index is 1180. The number of aromatic carboxylic acids is 1. The summed E-state index contributed by atoms with van der Waals surface area (Å²) in [6, 6.07) is 15.0. The van der Waals surface area contributed by atoms with Gasteiger partial charge in [0.1, 0.15) is 11.5 Å². The highest BCUT2D eigenvalue weighted by Crippen LogP contribution is 2.35. The van der Waals surface area contributed by atoms with Crippen molar-refractivity contribution in [1.82, 2.24) is 0 Å². The van der Waals surface area contributed by atoms with Gasteiger partial charge in [-0.05, 0) is 60.2 Å². The normalized spacial score (nSPS) is 11.2. The molecule has 0 aliphatic rings. The van der Waals surface area contributed by atoms with Crippen molar-refractivity contribution < 1.29 is 36.6 Å². The van der Waals surface area contributed by atoms with Crippen molar-refractivity contribution in [3.8, 4) is 22.6 Å². The minimum absolute atomic E-state index is 0.0609. The number of rotatable bonds is 8. The third-order valence-electron chi connectivity index (χ3n) is 4.26. The molecule has 3 aromatic rings. The number of hydrogen-bond donors (Lipinski definition) is 2. The fraction of sp³-hybridized carbons (Fsp3) is 0.0952. The van der Waals surface area contributed by atoms with Crippen LogP contribution in [0.5, 0.6) is 11.5 Å². The number of carbonyl (C=O) groups is 1. The molecule has 0 aliphatic carbocycles. The molecule has 0 radical (unpaired) electrons. The highest BCUT2D eigenvalue weighted by Gasteiger charge is 2.18. The number of methoxy groups -OCH3 is 1. The molecule has 3 aromatic carbocycles. The molecular formula is C21H17F2NO6S. The third kappa shape index (κ3) is 5.28. The zero-order valence-corrected chi connectivity index (χ0v) is 16.9. The second-order valence-electron chi connectivity index (χ2n) is 6.25. The maximum atomic E-state index is 12.8. The molecular weight excluding hydrogens is 432 g/mol. The molecule has 0 aromatic heterocycles. The lowest BCUT2D eigenvalue weighted by Crippen LogP contribution is -2.13. The van der Waals surface area contributed by atoms with Crippen molar-refractivity contribution in [3.63, 3.8) is 0 Å². The molecule has 0 atom stereocenters. The Kier molecular flexibility index (Phi) is 6.40.